The lowest BCUT2D eigenvalue weighted by Gasteiger charge is -2.01. The molecule has 1 aliphatic rings. The summed E-state index contributed by atoms with van der Waals surface area (Å²) in [6.07, 6.45) is 3.53. The van der Waals surface area contributed by atoms with Crippen molar-refractivity contribution in [2.45, 2.75) is 32.1 Å². The molecule has 19 heavy (non-hydrogen) atoms. The van der Waals surface area contributed by atoms with Crippen LogP contribution in [0.1, 0.15) is 43.5 Å². The molecule has 0 bridgehead atoms. The van der Waals surface area contributed by atoms with Crippen LogP contribution in [0.15, 0.2) is 28.8 Å². The maximum Gasteiger partial charge on any atom is 0.257 e. The van der Waals surface area contributed by atoms with Crippen LogP contribution in [-0.2, 0) is 0 Å². The minimum atomic E-state index is 0.436. The van der Waals surface area contributed by atoms with Gasteiger partial charge >= 0.3 is 0 Å². The number of aromatic nitrogens is 2. The van der Waals surface area contributed by atoms with Gasteiger partial charge in [0, 0.05) is 11.5 Å². The average Bonchev–Trinajstić information content (AvgIpc) is 3.07. The molecular weight excluding hydrogens is 238 g/mol. The van der Waals surface area contributed by atoms with Gasteiger partial charge in [-0.2, -0.15) is 10.2 Å². The van der Waals surface area contributed by atoms with E-state index >= 15 is 0 Å². The van der Waals surface area contributed by atoms with E-state index in [1.165, 1.54) is 6.42 Å². The Morgan fingerprint density at radius 1 is 1.26 bits per heavy atom. The van der Waals surface area contributed by atoms with Crippen molar-refractivity contribution in [3.63, 3.8) is 0 Å². The third kappa shape index (κ3) is 2.37. The van der Waals surface area contributed by atoms with Crippen molar-refractivity contribution in [1.29, 1.82) is 5.26 Å². The van der Waals surface area contributed by atoms with Crippen molar-refractivity contribution in [2.75, 3.05) is 0 Å². The summed E-state index contributed by atoms with van der Waals surface area (Å²) in [4.78, 5) is 4.49. The zero-order chi connectivity index (χ0) is 13.2. The Balaban J connectivity index is 1.82. The van der Waals surface area contributed by atoms with Crippen molar-refractivity contribution in [1.82, 2.24) is 10.1 Å². The quantitative estimate of drug-likeness (QED) is 0.821. The van der Waals surface area contributed by atoms with Gasteiger partial charge in [-0.3, -0.25) is 0 Å². The molecule has 2 unspecified atom stereocenters. The first-order valence-corrected chi connectivity index (χ1v) is 6.60. The van der Waals surface area contributed by atoms with E-state index in [1.54, 1.807) is 12.1 Å². The molecule has 1 aliphatic carbocycles. The van der Waals surface area contributed by atoms with Gasteiger partial charge in [-0.15, -0.1) is 0 Å². The highest BCUT2D eigenvalue weighted by Crippen LogP contribution is 2.37. The van der Waals surface area contributed by atoms with Gasteiger partial charge in [-0.1, -0.05) is 12.1 Å². The lowest BCUT2D eigenvalue weighted by atomic mass is 10.1. The second-order valence-corrected chi connectivity index (χ2v) is 5.26. The van der Waals surface area contributed by atoms with E-state index < -0.39 is 0 Å². The molecular formula is C15H15N3O. The summed E-state index contributed by atoms with van der Waals surface area (Å²) in [5, 5.41) is 12.9. The number of nitrogens with zero attached hydrogens (tertiary/aromatic N) is 3. The fourth-order valence-corrected chi connectivity index (χ4v) is 2.65. The van der Waals surface area contributed by atoms with Gasteiger partial charge in [0.1, 0.15) is 0 Å². The fraction of sp³-hybridized carbons (Fsp3) is 0.400. The van der Waals surface area contributed by atoms with E-state index in [2.05, 4.69) is 23.1 Å². The molecule has 96 valence electrons. The van der Waals surface area contributed by atoms with Crippen molar-refractivity contribution in [2.24, 2.45) is 5.92 Å². The molecule has 4 heteroatoms. The molecule has 1 fully saturated rings. The van der Waals surface area contributed by atoms with Crippen LogP contribution in [0.5, 0.6) is 0 Å². The third-order valence-electron chi connectivity index (χ3n) is 3.76. The minimum Gasteiger partial charge on any atom is -0.334 e. The second-order valence-electron chi connectivity index (χ2n) is 5.26. The second kappa shape index (κ2) is 4.85. The molecule has 0 saturated heterocycles. The smallest absolute Gasteiger partial charge is 0.257 e. The minimum absolute atomic E-state index is 0.436. The molecule has 2 atom stereocenters. The number of nitriles is 1. The molecule has 1 heterocycles. The normalized spacial score (nSPS) is 22.3. The van der Waals surface area contributed by atoms with Gasteiger partial charge in [-0.05, 0) is 49.4 Å². The number of hydrogen-bond acceptors (Lipinski definition) is 4. The summed E-state index contributed by atoms with van der Waals surface area (Å²) in [6.45, 7) is 2.27. The van der Waals surface area contributed by atoms with Gasteiger partial charge in [0.05, 0.1) is 11.6 Å². The standard InChI is InChI=1S/C15H15N3O/c1-10-2-5-13(8-10)14-17-15(19-18-14)12-6-3-11(9-16)4-7-12/h3-4,6-7,10,13H,2,5,8H2,1H3. The first-order chi connectivity index (χ1) is 9.26. The van der Waals surface area contributed by atoms with Crippen LogP contribution in [0.4, 0.5) is 0 Å². The van der Waals surface area contributed by atoms with Crippen molar-refractivity contribution >= 4 is 0 Å². The molecule has 0 spiro atoms. The van der Waals surface area contributed by atoms with Gasteiger partial charge in [0.15, 0.2) is 5.82 Å². The zero-order valence-electron chi connectivity index (χ0n) is 10.8. The highest BCUT2D eigenvalue weighted by atomic mass is 16.5. The van der Waals surface area contributed by atoms with Crippen LogP contribution in [-0.4, -0.2) is 10.1 Å². The molecule has 1 aromatic heterocycles. The summed E-state index contributed by atoms with van der Waals surface area (Å²) < 4.78 is 5.33. The predicted octanol–water partition coefficient (Wildman–Crippen LogP) is 3.51. The highest BCUT2D eigenvalue weighted by molar-refractivity contribution is 5.54. The van der Waals surface area contributed by atoms with E-state index in [9.17, 15) is 0 Å². The van der Waals surface area contributed by atoms with Crippen LogP contribution >= 0.6 is 0 Å². The van der Waals surface area contributed by atoms with E-state index in [0.717, 1.165) is 30.1 Å². The van der Waals surface area contributed by atoms with E-state index in [4.69, 9.17) is 9.78 Å². The topological polar surface area (TPSA) is 62.7 Å². The summed E-state index contributed by atoms with van der Waals surface area (Å²) in [7, 11) is 0. The average molecular weight is 253 g/mol. The molecule has 0 amide bonds. The summed E-state index contributed by atoms with van der Waals surface area (Å²) in [5.41, 5.74) is 1.50. The molecule has 1 saturated carbocycles. The van der Waals surface area contributed by atoms with E-state index in [0.29, 0.717) is 17.4 Å². The lowest BCUT2D eigenvalue weighted by molar-refractivity contribution is 0.414. The fourth-order valence-electron chi connectivity index (χ4n) is 2.65. The molecule has 0 aliphatic heterocycles. The van der Waals surface area contributed by atoms with Gasteiger partial charge in [-0.25, -0.2) is 0 Å². The van der Waals surface area contributed by atoms with Gasteiger partial charge < -0.3 is 4.52 Å². The van der Waals surface area contributed by atoms with Crippen molar-refractivity contribution < 1.29 is 4.52 Å². The van der Waals surface area contributed by atoms with Gasteiger partial charge in [0.2, 0.25) is 0 Å². The zero-order valence-corrected chi connectivity index (χ0v) is 10.8. The number of hydrogen-bond donors (Lipinski definition) is 0. The van der Waals surface area contributed by atoms with Crippen LogP contribution in [0.3, 0.4) is 0 Å². The van der Waals surface area contributed by atoms with Gasteiger partial charge in [0.25, 0.3) is 5.89 Å². The van der Waals surface area contributed by atoms with Crippen LogP contribution < -0.4 is 0 Å². The van der Waals surface area contributed by atoms with Crippen LogP contribution in [0.25, 0.3) is 11.5 Å². The van der Waals surface area contributed by atoms with Crippen LogP contribution in [0, 0.1) is 17.2 Å². The van der Waals surface area contributed by atoms with Crippen LogP contribution in [0.2, 0.25) is 0 Å². The molecule has 0 N–H and O–H groups in total. The highest BCUT2D eigenvalue weighted by Gasteiger charge is 2.26. The van der Waals surface area contributed by atoms with Crippen molar-refractivity contribution in [3.05, 3.63) is 35.7 Å². The molecule has 0 radical (unpaired) electrons. The molecule has 3 rings (SSSR count). The Hall–Kier alpha value is -2.15. The monoisotopic (exact) mass is 253 g/mol. The molecule has 4 nitrogen and oxygen atoms in total. The van der Waals surface area contributed by atoms with Crippen molar-refractivity contribution in [3.8, 4) is 17.5 Å². The Labute approximate surface area is 112 Å². The Kier molecular flexibility index (Phi) is 3.04. The number of benzene rings is 1. The SMILES string of the molecule is CC1CCC(c2noc(-c3ccc(C#N)cc3)n2)C1. The largest absolute Gasteiger partial charge is 0.334 e. The van der Waals surface area contributed by atoms with E-state index in [-0.39, 0.29) is 0 Å². The Morgan fingerprint density at radius 3 is 2.68 bits per heavy atom. The predicted molar refractivity (Wildman–Crippen MR) is 70.2 cm³/mol. The summed E-state index contributed by atoms with van der Waals surface area (Å²) in [5.74, 6) is 2.55. The third-order valence-corrected chi connectivity index (χ3v) is 3.76. The molecule has 1 aromatic carbocycles. The lowest BCUT2D eigenvalue weighted by Crippen LogP contribution is -1.96. The number of rotatable bonds is 2. The summed E-state index contributed by atoms with van der Waals surface area (Å²) in [6, 6.07) is 9.30. The first kappa shape index (κ1) is 11.9. The molecule has 2 aromatic rings. The Bertz CT molecular complexity index is 609. The summed E-state index contributed by atoms with van der Waals surface area (Å²) >= 11 is 0. The maximum absolute atomic E-state index is 8.77. The Morgan fingerprint density at radius 2 is 2.05 bits per heavy atom. The first-order valence-electron chi connectivity index (χ1n) is 6.60. The van der Waals surface area contributed by atoms with E-state index in [1.807, 2.05) is 12.1 Å². The maximum atomic E-state index is 8.77.